The lowest BCUT2D eigenvalue weighted by molar-refractivity contribution is 0.0644. The molecule has 0 spiro atoms. The van der Waals surface area contributed by atoms with Crippen LogP contribution in [0.4, 0.5) is 0 Å². The lowest BCUT2D eigenvalue weighted by Gasteiger charge is -2.09. The molecule has 0 unspecified atom stereocenters. The third-order valence-corrected chi connectivity index (χ3v) is 2.76. The summed E-state index contributed by atoms with van der Waals surface area (Å²) in [4.78, 5) is 11.2. The van der Waals surface area contributed by atoms with E-state index in [2.05, 4.69) is 0 Å². The van der Waals surface area contributed by atoms with E-state index in [1.807, 2.05) is 0 Å². The number of Topliss-reactive ketones (excluding diaryl/α,β-unsaturated/α-hetero) is 1. The fraction of sp³-hybridized carbons (Fsp3) is 0.500. The fourth-order valence-corrected chi connectivity index (χ4v) is 1.66. The molecule has 0 heterocycles. The molecule has 0 N–H and O–H groups in total. The molecular weight excluding hydrogens is 268 g/mol. The van der Waals surface area contributed by atoms with Gasteiger partial charge >= 0.3 is 0 Å². The summed E-state index contributed by atoms with van der Waals surface area (Å²) in [6.07, 6.45) is 0.772. The zero-order valence-electron chi connectivity index (χ0n) is 11.3. The van der Waals surface area contributed by atoms with Crippen LogP contribution in [0.1, 0.15) is 23.7 Å². The Kier molecular flexibility index (Phi) is 7.48. The second kappa shape index (κ2) is 8.91. The van der Waals surface area contributed by atoms with Crippen LogP contribution in [0.15, 0.2) is 18.2 Å². The van der Waals surface area contributed by atoms with E-state index in [0.717, 1.165) is 6.42 Å². The average molecular weight is 287 g/mol. The van der Waals surface area contributed by atoms with Crippen molar-refractivity contribution in [3.8, 4) is 5.75 Å². The summed E-state index contributed by atoms with van der Waals surface area (Å²) in [5, 5.41) is 0.452. The van der Waals surface area contributed by atoms with Gasteiger partial charge < -0.3 is 14.2 Å². The Bertz CT molecular complexity index is 406. The summed E-state index contributed by atoms with van der Waals surface area (Å²) in [6, 6.07) is 5.04. The largest absolute Gasteiger partial charge is 0.492 e. The van der Waals surface area contributed by atoms with Gasteiger partial charge in [0, 0.05) is 25.7 Å². The minimum Gasteiger partial charge on any atom is -0.492 e. The molecule has 5 heteroatoms. The summed E-state index contributed by atoms with van der Waals surface area (Å²) >= 11 is 6.03. The predicted molar refractivity (Wildman–Crippen MR) is 74.3 cm³/mol. The molecule has 0 radical (unpaired) electrons. The normalized spacial score (nSPS) is 10.5. The van der Waals surface area contributed by atoms with Crippen LogP contribution in [0, 0.1) is 0 Å². The van der Waals surface area contributed by atoms with Crippen LogP contribution in [0.25, 0.3) is 0 Å². The summed E-state index contributed by atoms with van der Waals surface area (Å²) in [5.74, 6) is 0.573. The van der Waals surface area contributed by atoms with Gasteiger partial charge in [0.1, 0.15) is 5.75 Å². The summed E-state index contributed by atoms with van der Waals surface area (Å²) < 4.78 is 15.7. The predicted octanol–water partition coefficient (Wildman–Crippen LogP) is 2.97. The molecule has 0 aliphatic carbocycles. The molecule has 0 atom stereocenters. The van der Waals surface area contributed by atoms with Gasteiger partial charge in [0.05, 0.1) is 24.8 Å². The van der Waals surface area contributed by atoms with Crippen molar-refractivity contribution < 1.29 is 19.0 Å². The molecular formula is C14H19ClO4. The molecule has 0 amide bonds. The molecule has 0 saturated heterocycles. The first-order chi connectivity index (χ1) is 9.15. The number of methoxy groups -OCH3 is 1. The van der Waals surface area contributed by atoms with Crippen molar-refractivity contribution in [3.05, 3.63) is 28.8 Å². The number of ketones is 1. The highest BCUT2D eigenvalue weighted by molar-refractivity contribution is 6.32. The number of carbonyl (C=O) groups is 1. The Balaban J connectivity index is 2.28. The van der Waals surface area contributed by atoms with Crippen LogP contribution >= 0.6 is 11.6 Å². The fourth-order valence-electron chi connectivity index (χ4n) is 1.42. The van der Waals surface area contributed by atoms with Crippen molar-refractivity contribution >= 4 is 17.4 Å². The van der Waals surface area contributed by atoms with Gasteiger partial charge in [-0.05, 0) is 25.1 Å². The zero-order chi connectivity index (χ0) is 14.1. The van der Waals surface area contributed by atoms with Crippen LogP contribution in [-0.2, 0) is 9.47 Å². The monoisotopic (exact) mass is 286 g/mol. The van der Waals surface area contributed by atoms with E-state index in [-0.39, 0.29) is 5.78 Å². The van der Waals surface area contributed by atoms with Gasteiger partial charge in [0.25, 0.3) is 0 Å². The first-order valence-corrected chi connectivity index (χ1v) is 6.53. The number of rotatable bonds is 9. The van der Waals surface area contributed by atoms with Crippen molar-refractivity contribution in [3.63, 3.8) is 0 Å². The highest BCUT2D eigenvalue weighted by Gasteiger charge is 2.05. The summed E-state index contributed by atoms with van der Waals surface area (Å²) in [6.45, 7) is 3.83. The lowest BCUT2D eigenvalue weighted by atomic mass is 10.1. The number of benzene rings is 1. The van der Waals surface area contributed by atoms with E-state index in [4.69, 9.17) is 25.8 Å². The number of hydrogen-bond acceptors (Lipinski definition) is 4. The molecule has 19 heavy (non-hydrogen) atoms. The number of ether oxygens (including phenoxy) is 3. The van der Waals surface area contributed by atoms with E-state index in [9.17, 15) is 4.79 Å². The molecule has 0 aromatic heterocycles. The van der Waals surface area contributed by atoms with Crippen molar-refractivity contribution in [2.24, 2.45) is 0 Å². The van der Waals surface area contributed by atoms with E-state index >= 15 is 0 Å². The summed E-state index contributed by atoms with van der Waals surface area (Å²) in [7, 11) is 1.64. The van der Waals surface area contributed by atoms with Gasteiger partial charge in [-0.1, -0.05) is 11.6 Å². The van der Waals surface area contributed by atoms with Crippen molar-refractivity contribution in [1.29, 1.82) is 0 Å². The minimum absolute atomic E-state index is 0.0139. The van der Waals surface area contributed by atoms with Gasteiger partial charge in [-0.15, -0.1) is 0 Å². The third kappa shape index (κ3) is 6.05. The third-order valence-electron chi connectivity index (χ3n) is 2.46. The molecule has 1 rings (SSSR count). The van der Waals surface area contributed by atoms with E-state index in [1.54, 1.807) is 25.3 Å². The standard InChI is InChI=1S/C14H19ClO4/c1-11(16)12-4-5-14(13(15)10-12)19-7-3-6-18-9-8-17-2/h4-5,10H,3,6-9H2,1-2H3. The Morgan fingerprint density at radius 3 is 2.63 bits per heavy atom. The molecule has 1 aromatic rings. The summed E-state index contributed by atoms with van der Waals surface area (Å²) in [5.41, 5.74) is 0.584. The topological polar surface area (TPSA) is 44.8 Å². The Morgan fingerprint density at radius 2 is 2.00 bits per heavy atom. The van der Waals surface area contributed by atoms with Crippen LogP contribution in [0.3, 0.4) is 0 Å². The number of hydrogen-bond donors (Lipinski definition) is 0. The molecule has 1 aromatic carbocycles. The molecule has 106 valence electrons. The van der Waals surface area contributed by atoms with E-state index in [1.165, 1.54) is 6.92 Å². The Hall–Kier alpha value is -1.10. The molecule has 4 nitrogen and oxygen atoms in total. The first kappa shape index (κ1) is 16.0. The molecule has 0 saturated carbocycles. The molecule has 0 aliphatic heterocycles. The molecule has 0 bridgehead atoms. The smallest absolute Gasteiger partial charge is 0.159 e. The SMILES string of the molecule is COCCOCCCOc1ccc(C(C)=O)cc1Cl. The maximum absolute atomic E-state index is 11.2. The Labute approximate surface area is 118 Å². The molecule has 0 fully saturated rings. The van der Waals surface area contributed by atoms with Crippen LogP contribution in [-0.4, -0.2) is 39.3 Å². The number of carbonyl (C=O) groups excluding carboxylic acids is 1. The van der Waals surface area contributed by atoms with Crippen LogP contribution in [0.5, 0.6) is 5.75 Å². The minimum atomic E-state index is -0.0139. The van der Waals surface area contributed by atoms with Crippen LogP contribution < -0.4 is 4.74 Å². The lowest BCUT2D eigenvalue weighted by Crippen LogP contribution is -2.07. The first-order valence-electron chi connectivity index (χ1n) is 6.15. The van der Waals surface area contributed by atoms with Crippen molar-refractivity contribution in [2.45, 2.75) is 13.3 Å². The highest BCUT2D eigenvalue weighted by atomic mass is 35.5. The van der Waals surface area contributed by atoms with Gasteiger partial charge in [-0.2, -0.15) is 0 Å². The van der Waals surface area contributed by atoms with E-state index < -0.39 is 0 Å². The maximum atomic E-state index is 11.2. The average Bonchev–Trinajstić information content (AvgIpc) is 2.39. The van der Waals surface area contributed by atoms with Crippen molar-refractivity contribution in [2.75, 3.05) is 33.5 Å². The van der Waals surface area contributed by atoms with Gasteiger partial charge in [0.15, 0.2) is 5.78 Å². The molecule has 0 aliphatic rings. The second-order valence-electron chi connectivity index (χ2n) is 4.01. The number of halogens is 1. The van der Waals surface area contributed by atoms with Crippen molar-refractivity contribution in [1.82, 2.24) is 0 Å². The Morgan fingerprint density at radius 1 is 1.21 bits per heavy atom. The second-order valence-corrected chi connectivity index (χ2v) is 4.42. The maximum Gasteiger partial charge on any atom is 0.159 e. The highest BCUT2D eigenvalue weighted by Crippen LogP contribution is 2.25. The van der Waals surface area contributed by atoms with Gasteiger partial charge in [0.2, 0.25) is 0 Å². The quantitative estimate of drug-likeness (QED) is 0.517. The zero-order valence-corrected chi connectivity index (χ0v) is 12.0. The van der Waals surface area contributed by atoms with E-state index in [0.29, 0.717) is 42.8 Å². The van der Waals surface area contributed by atoms with Gasteiger partial charge in [-0.3, -0.25) is 4.79 Å². The van der Waals surface area contributed by atoms with Crippen LogP contribution in [0.2, 0.25) is 5.02 Å². The van der Waals surface area contributed by atoms with Gasteiger partial charge in [-0.25, -0.2) is 0 Å².